The van der Waals surface area contributed by atoms with Crippen LogP contribution >= 0.6 is 0 Å². The van der Waals surface area contributed by atoms with Gasteiger partial charge in [0, 0.05) is 12.6 Å². The number of nitrogens with zero attached hydrogens (tertiary/aromatic N) is 3. The monoisotopic (exact) mass is 342 g/mol. The Morgan fingerprint density at radius 1 is 1.29 bits per heavy atom. The van der Waals surface area contributed by atoms with Crippen molar-refractivity contribution in [3.8, 4) is 0 Å². The van der Waals surface area contributed by atoms with Crippen LogP contribution in [0.1, 0.15) is 33.2 Å². The number of aromatic nitrogens is 3. The van der Waals surface area contributed by atoms with Gasteiger partial charge in [-0.2, -0.15) is 13.2 Å². The lowest BCUT2D eigenvalue weighted by atomic mass is 10.0. The largest absolute Gasteiger partial charge is 0.478 e. The lowest BCUT2D eigenvalue weighted by Crippen LogP contribution is -2.36. The van der Waals surface area contributed by atoms with Crippen molar-refractivity contribution in [1.29, 1.82) is 0 Å². The van der Waals surface area contributed by atoms with Gasteiger partial charge in [-0.05, 0) is 25.1 Å². The summed E-state index contributed by atoms with van der Waals surface area (Å²) in [5.74, 6) is -2.45. The second-order valence-corrected chi connectivity index (χ2v) is 5.10. The van der Waals surface area contributed by atoms with Crippen molar-refractivity contribution in [3.05, 3.63) is 47.5 Å². The standard InChI is InChI=1S/C14H13F3N4O3/c1-8(5-21-6-18-19-7-21)20-12(22)10-3-2-9(13(23)24)4-11(10)14(15,16)17/h2-4,6-8H,5H2,1H3,(H,20,22)(H,23,24). The SMILES string of the molecule is CC(Cn1cnnc1)NC(=O)c1ccc(C(=O)O)cc1C(F)(F)F. The fraction of sp³-hybridized carbons (Fsp3) is 0.286. The van der Waals surface area contributed by atoms with Crippen molar-refractivity contribution in [1.82, 2.24) is 20.1 Å². The smallest absolute Gasteiger partial charge is 0.417 e. The van der Waals surface area contributed by atoms with Gasteiger partial charge in [0.1, 0.15) is 12.7 Å². The molecular formula is C14H13F3N4O3. The van der Waals surface area contributed by atoms with E-state index < -0.39 is 40.8 Å². The molecule has 0 aliphatic rings. The van der Waals surface area contributed by atoms with Gasteiger partial charge in [-0.25, -0.2) is 4.79 Å². The van der Waals surface area contributed by atoms with Crippen LogP contribution in [0.5, 0.6) is 0 Å². The van der Waals surface area contributed by atoms with Gasteiger partial charge in [-0.15, -0.1) is 10.2 Å². The fourth-order valence-electron chi connectivity index (χ4n) is 2.09. The predicted octanol–water partition coefficient (Wildman–Crippen LogP) is 1.81. The third-order valence-electron chi connectivity index (χ3n) is 3.15. The minimum atomic E-state index is -4.85. The molecule has 10 heteroatoms. The maximum atomic E-state index is 13.1. The highest BCUT2D eigenvalue weighted by Gasteiger charge is 2.36. The van der Waals surface area contributed by atoms with Gasteiger partial charge < -0.3 is 15.0 Å². The van der Waals surface area contributed by atoms with Crippen LogP contribution in [0.15, 0.2) is 30.9 Å². The number of amides is 1. The van der Waals surface area contributed by atoms with Crippen molar-refractivity contribution in [3.63, 3.8) is 0 Å². The molecule has 0 aliphatic carbocycles. The van der Waals surface area contributed by atoms with E-state index in [0.717, 1.165) is 12.1 Å². The highest BCUT2D eigenvalue weighted by atomic mass is 19.4. The van der Waals surface area contributed by atoms with E-state index in [0.29, 0.717) is 6.07 Å². The van der Waals surface area contributed by atoms with Crippen LogP contribution in [0.25, 0.3) is 0 Å². The molecule has 0 saturated heterocycles. The Hall–Kier alpha value is -2.91. The molecule has 1 aromatic heterocycles. The second-order valence-electron chi connectivity index (χ2n) is 5.10. The molecule has 128 valence electrons. The highest BCUT2D eigenvalue weighted by Crippen LogP contribution is 2.32. The number of hydrogen-bond donors (Lipinski definition) is 2. The molecule has 24 heavy (non-hydrogen) atoms. The number of hydrogen-bond acceptors (Lipinski definition) is 4. The maximum absolute atomic E-state index is 13.1. The first-order valence-corrected chi connectivity index (χ1v) is 6.76. The van der Waals surface area contributed by atoms with Gasteiger partial charge in [-0.3, -0.25) is 4.79 Å². The Kier molecular flexibility index (Phi) is 4.86. The first-order chi connectivity index (χ1) is 11.2. The predicted molar refractivity (Wildman–Crippen MR) is 75.4 cm³/mol. The van der Waals surface area contributed by atoms with Crippen LogP contribution in [-0.4, -0.2) is 37.8 Å². The van der Waals surface area contributed by atoms with E-state index >= 15 is 0 Å². The average Bonchev–Trinajstić information content (AvgIpc) is 2.98. The van der Waals surface area contributed by atoms with Crippen LogP contribution in [0.4, 0.5) is 13.2 Å². The Labute approximate surface area is 134 Å². The minimum absolute atomic E-state index is 0.271. The average molecular weight is 342 g/mol. The lowest BCUT2D eigenvalue weighted by Gasteiger charge is -2.17. The van der Waals surface area contributed by atoms with Crippen molar-refractivity contribution < 1.29 is 27.9 Å². The Morgan fingerprint density at radius 3 is 2.46 bits per heavy atom. The topological polar surface area (TPSA) is 97.1 Å². The molecule has 1 atom stereocenters. The van der Waals surface area contributed by atoms with Crippen LogP contribution < -0.4 is 5.32 Å². The molecule has 7 nitrogen and oxygen atoms in total. The van der Waals surface area contributed by atoms with Crippen molar-refractivity contribution >= 4 is 11.9 Å². The zero-order valence-corrected chi connectivity index (χ0v) is 12.4. The zero-order chi connectivity index (χ0) is 17.9. The summed E-state index contributed by atoms with van der Waals surface area (Å²) in [5.41, 5.74) is -2.48. The number of alkyl halides is 3. The lowest BCUT2D eigenvalue weighted by molar-refractivity contribution is -0.138. The molecule has 1 aromatic carbocycles. The third-order valence-corrected chi connectivity index (χ3v) is 3.15. The number of carboxylic acid groups (broad SMARTS) is 1. The maximum Gasteiger partial charge on any atom is 0.417 e. The van der Waals surface area contributed by atoms with E-state index in [4.69, 9.17) is 5.11 Å². The highest BCUT2D eigenvalue weighted by molar-refractivity contribution is 5.97. The van der Waals surface area contributed by atoms with E-state index in [9.17, 15) is 22.8 Å². The molecule has 0 bridgehead atoms. The third kappa shape index (κ3) is 4.09. The van der Waals surface area contributed by atoms with Crippen molar-refractivity contribution in [2.45, 2.75) is 25.7 Å². The summed E-state index contributed by atoms with van der Waals surface area (Å²) in [6, 6.07) is 1.76. The molecule has 2 rings (SSSR count). The van der Waals surface area contributed by atoms with Gasteiger partial charge in [0.05, 0.1) is 16.7 Å². The molecule has 0 spiro atoms. The fourth-order valence-corrected chi connectivity index (χ4v) is 2.09. The summed E-state index contributed by atoms with van der Waals surface area (Å²) in [7, 11) is 0. The molecule has 0 fully saturated rings. The summed E-state index contributed by atoms with van der Waals surface area (Å²) < 4.78 is 40.9. The Morgan fingerprint density at radius 2 is 1.92 bits per heavy atom. The minimum Gasteiger partial charge on any atom is -0.478 e. The number of benzene rings is 1. The first-order valence-electron chi connectivity index (χ1n) is 6.76. The number of aromatic carboxylic acids is 1. The van der Waals surface area contributed by atoms with Gasteiger partial charge in [0.25, 0.3) is 5.91 Å². The summed E-state index contributed by atoms with van der Waals surface area (Å²) in [4.78, 5) is 23.0. The molecule has 0 saturated carbocycles. The quantitative estimate of drug-likeness (QED) is 0.864. The van der Waals surface area contributed by atoms with E-state index in [2.05, 4.69) is 15.5 Å². The zero-order valence-electron chi connectivity index (χ0n) is 12.4. The molecule has 0 radical (unpaired) electrons. The molecule has 0 aliphatic heterocycles. The van der Waals surface area contributed by atoms with Crippen LogP contribution in [-0.2, 0) is 12.7 Å². The van der Waals surface area contributed by atoms with E-state index in [-0.39, 0.29) is 6.54 Å². The van der Waals surface area contributed by atoms with Gasteiger partial charge >= 0.3 is 12.1 Å². The number of carbonyl (C=O) groups excluding carboxylic acids is 1. The molecule has 1 amide bonds. The van der Waals surface area contributed by atoms with E-state index in [1.165, 1.54) is 12.7 Å². The summed E-state index contributed by atoms with van der Waals surface area (Å²) in [6.45, 7) is 1.88. The van der Waals surface area contributed by atoms with Crippen molar-refractivity contribution in [2.75, 3.05) is 0 Å². The van der Waals surface area contributed by atoms with Crippen molar-refractivity contribution in [2.24, 2.45) is 0 Å². The summed E-state index contributed by atoms with van der Waals surface area (Å²) in [5, 5.41) is 18.4. The normalized spacial score (nSPS) is 12.7. The van der Waals surface area contributed by atoms with Gasteiger partial charge in [-0.1, -0.05) is 0 Å². The van der Waals surface area contributed by atoms with Crippen LogP contribution in [0, 0.1) is 0 Å². The van der Waals surface area contributed by atoms with E-state index in [1.807, 2.05) is 0 Å². The Balaban J connectivity index is 2.23. The Bertz CT molecular complexity index is 744. The van der Waals surface area contributed by atoms with Crippen LogP contribution in [0.3, 0.4) is 0 Å². The molecule has 2 aromatic rings. The second kappa shape index (κ2) is 6.69. The number of rotatable bonds is 5. The number of carboxylic acids is 1. The van der Waals surface area contributed by atoms with Gasteiger partial charge in [0.2, 0.25) is 0 Å². The van der Waals surface area contributed by atoms with E-state index in [1.54, 1.807) is 11.5 Å². The molecular weight excluding hydrogens is 329 g/mol. The molecule has 2 N–H and O–H groups in total. The number of nitrogens with one attached hydrogen (secondary N) is 1. The van der Waals surface area contributed by atoms with Crippen LogP contribution in [0.2, 0.25) is 0 Å². The number of halogens is 3. The first kappa shape index (κ1) is 17.4. The molecule has 1 heterocycles. The molecule has 1 unspecified atom stereocenters. The summed E-state index contributed by atoms with van der Waals surface area (Å²) in [6.07, 6.45) is -2.04. The van der Waals surface area contributed by atoms with Gasteiger partial charge in [0.15, 0.2) is 0 Å². The number of carbonyl (C=O) groups is 2. The summed E-state index contributed by atoms with van der Waals surface area (Å²) >= 11 is 0.